The van der Waals surface area contributed by atoms with Crippen LogP contribution in [0.4, 0.5) is 0 Å². The standard InChI is InChI=1S/C15H18ClNO/c16-11-6-7-14-12(8-11)13(17)9-15(18-14)10-4-2-1-3-5-10/h1-2,6-8,10,13,15H,3-5,9,17H2. The highest BCUT2D eigenvalue weighted by Gasteiger charge is 2.31. The van der Waals surface area contributed by atoms with E-state index in [4.69, 9.17) is 22.1 Å². The van der Waals surface area contributed by atoms with Crippen molar-refractivity contribution in [2.75, 3.05) is 0 Å². The summed E-state index contributed by atoms with van der Waals surface area (Å²) in [6.45, 7) is 0. The third-order valence-corrected chi connectivity index (χ3v) is 4.21. The Morgan fingerprint density at radius 3 is 2.94 bits per heavy atom. The maximum atomic E-state index is 6.26. The Kier molecular flexibility index (Phi) is 3.31. The zero-order chi connectivity index (χ0) is 12.5. The Balaban J connectivity index is 1.82. The van der Waals surface area contributed by atoms with Crippen LogP contribution in [0.15, 0.2) is 30.4 Å². The van der Waals surface area contributed by atoms with Crippen molar-refractivity contribution < 1.29 is 4.74 Å². The van der Waals surface area contributed by atoms with Gasteiger partial charge in [0.25, 0.3) is 0 Å². The number of benzene rings is 1. The van der Waals surface area contributed by atoms with Gasteiger partial charge in [-0.05, 0) is 43.4 Å². The maximum absolute atomic E-state index is 6.26. The molecule has 18 heavy (non-hydrogen) atoms. The van der Waals surface area contributed by atoms with Gasteiger partial charge in [-0.2, -0.15) is 0 Å². The summed E-state index contributed by atoms with van der Waals surface area (Å²) in [6.07, 6.45) is 9.14. The molecular weight excluding hydrogens is 246 g/mol. The first kappa shape index (κ1) is 12.1. The van der Waals surface area contributed by atoms with Gasteiger partial charge in [-0.25, -0.2) is 0 Å². The lowest BCUT2D eigenvalue weighted by atomic mass is 9.84. The van der Waals surface area contributed by atoms with Crippen molar-refractivity contribution in [3.63, 3.8) is 0 Å². The Morgan fingerprint density at radius 2 is 2.17 bits per heavy atom. The van der Waals surface area contributed by atoms with Crippen LogP contribution in [-0.4, -0.2) is 6.10 Å². The monoisotopic (exact) mass is 263 g/mol. The van der Waals surface area contributed by atoms with E-state index in [0.29, 0.717) is 5.92 Å². The average molecular weight is 264 g/mol. The van der Waals surface area contributed by atoms with E-state index in [-0.39, 0.29) is 12.1 Å². The van der Waals surface area contributed by atoms with E-state index >= 15 is 0 Å². The molecule has 0 fully saturated rings. The molecule has 3 rings (SSSR count). The van der Waals surface area contributed by atoms with Gasteiger partial charge in [-0.3, -0.25) is 0 Å². The van der Waals surface area contributed by atoms with Crippen LogP contribution in [0.1, 0.15) is 37.3 Å². The summed E-state index contributed by atoms with van der Waals surface area (Å²) >= 11 is 6.01. The summed E-state index contributed by atoms with van der Waals surface area (Å²) in [6, 6.07) is 5.79. The van der Waals surface area contributed by atoms with Crippen molar-refractivity contribution in [3.8, 4) is 5.75 Å². The third kappa shape index (κ3) is 2.27. The quantitative estimate of drug-likeness (QED) is 0.781. The fourth-order valence-corrected chi connectivity index (χ4v) is 3.13. The van der Waals surface area contributed by atoms with Gasteiger partial charge in [0.05, 0.1) is 0 Å². The number of hydrogen-bond donors (Lipinski definition) is 1. The van der Waals surface area contributed by atoms with Gasteiger partial charge in [0.1, 0.15) is 11.9 Å². The van der Waals surface area contributed by atoms with Crippen molar-refractivity contribution in [2.45, 2.75) is 37.8 Å². The second kappa shape index (κ2) is 4.94. The van der Waals surface area contributed by atoms with Gasteiger partial charge in [0.2, 0.25) is 0 Å². The molecule has 1 heterocycles. The van der Waals surface area contributed by atoms with Gasteiger partial charge in [0.15, 0.2) is 0 Å². The van der Waals surface area contributed by atoms with Crippen LogP contribution in [0.3, 0.4) is 0 Å². The summed E-state index contributed by atoms with van der Waals surface area (Å²) in [5.41, 5.74) is 7.30. The van der Waals surface area contributed by atoms with Gasteiger partial charge in [-0.1, -0.05) is 23.8 Å². The number of allylic oxidation sites excluding steroid dienone is 2. The molecule has 0 amide bonds. The number of halogens is 1. The number of ether oxygens (including phenoxy) is 1. The normalized spacial score (nSPS) is 30.7. The first-order chi connectivity index (χ1) is 8.74. The predicted molar refractivity (Wildman–Crippen MR) is 73.9 cm³/mol. The molecule has 2 nitrogen and oxygen atoms in total. The molecule has 0 spiro atoms. The maximum Gasteiger partial charge on any atom is 0.124 e. The molecule has 96 valence electrons. The lowest BCUT2D eigenvalue weighted by Crippen LogP contribution is -2.35. The van der Waals surface area contributed by atoms with E-state index in [1.54, 1.807) is 0 Å². The lowest BCUT2D eigenvalue weighted by Gasteiger charge is -2.35. The molecule has 0 saturated heterocycles. The molecular formula is C15H18ClNO. The molecule has 3 unspecified atom stereocenters. The largest absolute Gasteiger partial charge is 0.490 e. The Labute approximate surface area is 113 Å². The number of rotatable bonds is 1. The average Bonchev–Trinajstić information content (AvgIpc) is 2.40. The summed E-state index contributed by atoms with van der Waals surface area (Å²) in [5.74, 6) is 1.52. The highest BCUT2D eigenvalue weighted by atomic mass is 35.5. The molecule has 3 heteroatoms. The molecule has 0 saturated carbocycles. The van der Waals surface area contributed by atoms with Crippen LogP contribution in [0.25, 0.3) is 0 Å². The van der Waals surface area contributed by atoms with Crippen molar-refractivity contribution in [2.24, 2.45) is 11.7 Å². The Morgan fingerprint density at radius 1 is 1.28 bits per heavy atom. The minimum Gasteiger partial charge on any atom is -0.490 e. The van der Waals surface area contributed by atoms with Crippen LogP contribution in [0, 0.1) is 5.92 Å². The number of hydrogen-bond acceptors (Lipinski definition) is 2. The number of nitrogens with two attached hydrogens (primary N) is 1. The van der Waals surface area contributed by atoms with Gasteiger partial charge >= 0.3 is 0 Å². The smallest absolute Gasteiger partial charge is 0.124 e. The highest BCUT2D eigenvalue weighted by molar-refractivity contribution is 6.30. The zero-order valence-corrected chi connectivity index (χ0v) is 11.1. The Bertz CT molecular complexity index is 472. The van der Waals surface area contributed by atoms with E-state index in [9.17, 15) is 0 Å². The van der Waals surface area contributed by atoms with E-state index in [1.807, 2.05) is 18.2 Å². The van der Waals surface area contributed by atoms with Crippen LogP contribution < -0.4 is 10.5 Å². The molecule has 0 radical (unpaired) electrons. The van der Waals surface area contributed by atoms with E-state index in [1.165, 1.54) is 6.42 Å². The molecule has 2 N–H and O–H groups in total. The van der Waals surface area contributed by atoms with E-state index < -0.39 is 0 Å². The topological polar surface area (TPSA) is 35.2 Å². The van der Waals surface area contributed by atoms with Crippen molar-refractivity contribution in [1.29, 1.82) is 0 Å². The second-order valence-corrected chi connectivity index (χ2v) is 5.66. The fraction of sp³-hybridized carbons (Fsp3) is 0.467. The molecule has 1 aliphatic carbocycles. The third-order valence-electron chi connectivity index (χ3n) is 3.97. The van der Waals surface area contributed by atoms with Crippen molar-refractivity contribution in [3.05, 3.63) is 40.9 Å². The van der Waals surface area contributed by atoms with Crippen LogP contribution in [0.2, 0.25) is 5.02 Å². The summed E-state index contributed by atoms with van der Waals surface area (Å²) < 4.78 is 6.12. The minimum absolute atomic E-state index is 0.0448. The molecule has 1 aromatic carbocycles. The lowest BCUT2D eigenvalue weighted by molar-refractivity contribution is 0.0938. The fourth-order valence-electron chi connectivity index (χ4n) is 2.95. The van der Waals surface area contributed by atoms with Gasteiger partial charge < -0.3 is 10.5 Å². The van der Waals surface area contributed by atoms with Crippen molar-refractivity contribution in [1.82, 2.24) is 0 Å². The summed E-state index contributed by atoms with van der Waals surface area (Å²) in [7, 11) is 0. The molecule has 1 aliphatic heterocycles. The molecule has 0 aromatic heterocycles. The van der Waals surface area contributed by atoms with E-state index in [0.717, 1.165) is 35.6 Å². The first-order valence-corrected chi connectivity index (χ1v) is 6.98. The van der Waals surface area contributed by atoms with Gasteiger partial charge in [0, 0.05) is 23.0 Å². The van der Waals surface area contributed by atoms with Gasteiger partial charge in [-0.15, -0.1) is 0 Å². The first-order valence-electron chi connectivity index (χ1n) is 6.61. The van der Waals surface area contributed by atoms with Crippen LogP contribution in [-0.2, 0) is 0 Å². The number of fused-ring (bicyclic) bond motifs is 1. The summed E-state index contributed by atoms with van der Waals surface area (Å²) in [5, 5.41) is 0.729. The summed E-state index contributed by atoms with van der Waals surface area (Å²) in [4.78, 5) is 0. The molecule has 2 aliphatic rings. The van der Waals surface area contributed by atoms with Crippen LogP contribution >= 0.6 is 11.6 Å². The zero-order valence-electron chi connectivity index (χ0n) is 10.3. The molecule has 3 atom stereocenters. The van der Waals surface area contributed by atoms with E-state index in [2.05, 4.69) is 12.2 Å². The predicted octanol–water partition coefficient (Wildman–Crippen LogP) is 3.85. The Hall–Kier alpha value is -0.990. The van der Waals surface area contributed by atoms with Crippen LogP contribution in [0.5, 0.6) is 5.75 Å². The SMILES string of the molecule is NC1CC(C2CC=CCC2)Oc2ccc(Cl)cc21. The minimum atomic E-state index is 0.0448. The molecule has 1 aromatic rings. The second-order valence-electron chi connectivity index (χ2n) is 5.23. The van der Waals surface area contributed by atoms with Crippen molar-refractivity contribution >= 4 is 11.6 Å². The highest BCUT2D eigenvalue weighted by Crippen LogP contribution is 2.39. The molecule has 0 bridgehead atoms.